The van der Waals surface area contributed by atoms with Crippen molar-refractivity contribution in [3.63, 3.8) is 0 Å². The molecule has 0 amide bonds. The lowest BCUT2D eigenvalue weighted by molar-refractivity contribution is 0.0702. The number of carbonyl (C=O) groups is 1. The van der Waals surface area contributed by atoms with Gasteiger partial charge in [-0.1, -0.05) is 34.8 Å². The number of hydrogen-bond acceptors (Lipinski definition) is 2. The Morgan fingerprint density at radius 3 is 2.29 bits per heavy atom. The summed E-state index contributed by atoms with van der Waals surface area (Å²) < 4.78 is 0. The molecule has 2 nitrogen and oxygen atoms in total. The average molecular weight is 308 g/mol. The SMILES string of the molecule is O=C(O)c1cc(-c2cc(Cl)c(Cl)cc2Cl)cs1. The monoisotopic (exact) mass is 306 g/mol. The summed E-state index contributed by atoms with van der Waals surface area (Å²) in [5.74, 6) is -0.961. The molecular formula is C11H5Cl3O2S. The molecule has 88 valence electrons. The molecule has 0 atom stereocenters. The van der Waals surface area contributed by atoms with Crippen molar-refractivity contribution in [2.24, 2.45) is 0 Å². The summed E-state index contributed by atoms with van der Waals surface area (Å²) in [7, 11) is 0. The predicted molar refractivity (Wildman–Crippen MR) is 71.7 cm³/mol. The molecule has 0 saturated carbocycles. The zero-order valence-electron chi connectivity index (χ0n) is 8.21. The van der Waals surface area contributed by atoms with E-state index >= 15 is 0 Å². The van der Waals surface area contributed by atoms with Crippen LogP contribution in [-0.4, -0.2) is 11.1 Å². The molecule has 0 fully saturated rings. The zero-order valence-corrected chi connectivity index (χ0v) is 11.3. The quantitative estimate of drug-likeness (QED) is 0.786. The highest BCUT2D eigenvalue weighted by atomic mass is 35.5. The van der Waals surface area contributed by atoms with Crippen molar-refractivity contribution in [1.82, 2.24) is 0 Å². The number of halogens is 3. The second-order valence-corrected chi connectivity index (χ2v) is 5.38. The fourth-order valence-corrected chi connectivity index (χ4v) is 2.73. The number of carboxylic acid groups (broad SMARTS) is 1. The summed E-state index contributed by atoms with van der Waals surface area (Å²) in [5, 5.41) is 11.8. The zero-order chi connectivity index (χ0) is 12.6. The van der Waals surface area contributed by atoms with Crippen LogP contribution < -0.4 is 0 Å². The molecule has 1 N–H and O–H groups in total. The Bertz CT molecular complexity index is 592. The molecule has 0 aliphatic heterocycles. The van der Waals surface area contributed by atoms with Gasteiger partial charge in [0.2, 0.25) is 0 Å². The first kappa shape index (κ1) is 12.7. The summed E-state index contributed by atoms with van der Waals surface area (Å²) in [6.45, 7) is 0. The highest BCUT2D eigenvalue weighted by Crippen LogP contribution is 2.36. The van der Waals surface area contributed by atoms with Crippen LogP contribution in [0.3, 0.4) is 0 Å². The van der Waals surface area contributed by atoms with Gasteiger partial charge in [-0.3, -0.25) is 0 Å². The Morgan fingerprint density at radius 1 is 1.06 bits per heavy atom. The van der Waals surface area contributed by atoms with Crippen LogP contribution in [0.15, 0.2) is 23.6 Å². The largest absolute Gasteiger partial charge is 0.477 e. The van der Waals surface area contributed by atoms with Crippen molar-refractivity contribution < 1.29 is 9.90 Å². The first-order valence-electron chi connectivity index (χ1n) is 4.46. The van der Waals surface area contributed by atoms with E-state index in [1.54, 1.807) is 23.6 Å². The smallest absolute Gasteiger partial charge is 0.345 e. The molecule has 2 rings (SSSR count). The van der Waals surface area contributed by atoms with E-state index in [2.05, 4.69) is 0 Å². The van der Waals surface area contributed by atoms with Crippen molar-refractivity contribution in [2.75, 3.05) is 0 Å². The van der Waals surface area contributed by atoms with Gasteiger partial charge >= 0.3 is 5.97 Å². The number of aromatic carboxylic acids is 1. The highest BCUT2D eigenvalue weighted by Gasteiger charge is 2.12. The molecule has 0 unspecified atom stereocenters. The molecule has 0 aliphatic rings. The van der Waals surface area contributed by atoms with Crippen molar-refractivity contribution in [3.05, 3.63) is 43.5 Å². The third-order valence-corrected chi connectivity index (χ3v) is 4.08. The highest BCUT2D eigenvalue weighted by molar-refractivity contribution is 7.12. The van der Waals surface area contributed by atoms with E-state index in [9.17, 15) is 4.79 Å². The summed E-state index contributed by atoms with van der Waals surface area (Å²) in [5.41, 5.74) is 1.39. The predicted octanol–water partition coefficient (Wildman–Crippen LogP) is 5.07. The van der Waals surface area contributed by atoms with Crippen LogP contribution in [0.5, 0.6) is 0 Å². The van der Waals surface area contributed by atoms with Gasteiger partial charge in [0.15, 0.2) is 0 Å². The lowest BCUT2D eigenvalue weighted by Crippen LogP contribution is -1.90. The Kier molecular flexibility index (Phi) is 3.64. The lowest BCUT2D eigenvalue weighted by Gasteiger charge is -2.04. The Morgan fingerprint density at radius 2 is 1.71 bits per heavy atom. The summed E-state index contributed by atoms with van der Waals surface area (Å²) in [6.07, 6.45) is 0. The Hall–Kier alpha value is -0.740. The summed E-state index contributed by atoms with van der Waals surface area (Å²) >= 11 is 18.9. The Balaban J connectivity index is 2.52. The van der Waals surface area contributed by atoms with Crippen LogP contribution in [0.2, 0.25) is 15.1 Å². The minimum absolute atomic E-state index is 0.252. The first-order chi connectivity index (χ1) is 7.99. The maximum absolute atomic E-state index is 10.8. The topological polar surface area (TPSA) is 37.3 Å². The molecule has 1 aromatic heterocycles. The maximum atomic E-state index is 10.8. The third kappa shape index (κ3) is 2.58. The van der Waals surface area contributed by atoms with Crippen LogP contribution >= 0.6 is 46.1 Å². The molecular weight excluding hydrogens is 303 g/mol. The van der Waals surface area contributed by atoms with Crippen LogP contribution in [0, 0.1) is 0 Å². The van der Waals surface area contributed by atoms with Gasteiger partial charge in [0, 0.05) is 5.56 Å². The maximum Gasteiger partial charge on any atom is 0.345 e. The number of carboxylic acids is 1. The number of benzene rings is 1. The first-order valence-corrected chi connectivity index (χ1v) is 6.47. The minimum atomic E-state index is -0.961. The van der Waals surface area contributed by atoms with Crippen molar-refractivity contribution in [1.29, 1.82) is 0 Å². The van der Waals surface area contributed by atoms with E-state index < -0.39 is 5.97 Å². The van der Waals surface area contributed by atoms with E-state index in [1.807, 2.05) is 0 Å². The van der Waals surface area contributed by atoms with Gasteiger partial charge in [-0.2, -0.15) is 0 Å². The summed E-state index contributed by atoms with van der Waals surface area (Å²) in [6, 6.07) is 4.72. The number of thiophene rings is 1. The fraction of sp³-hybridized carbons (Fsp3) is 0. The Labute approximate surface area is 116 Å². The molecule has 2 aromatic rings. The molecule has 0 saturated heterocycles. The van der Waals surface area contributed by atoms with Gasteiger partial charge in [0.05, 0.1) is 15.1 Å². The molecule has 0 radical (unpaired) electrons. The van der Waals surface area contributed by atoms with E-state index in [0.29, 0.717) is 20.6 Å². The van der Waals surface area contributed by atoms with Gasteiger partial charge in [-0.15, -0.1) is 11.3 Å². The number of hydrogen-bond donors (Lipinski definition) is 1. The summed E-state index contributed by atoms with van der Waals surface area (Å²) in [4.78, 5) is 11.0. The molecule has 0 bridgehead atoms. The van der Waals surface area contributed by atoms with E-state index in [4.69, 9.17) is 39.9 Å². The number of rotatable bonds is 2. The van der Waals surface area contributed by atoms with Crippen molar-refractivity contribution in [2.45, 2.75) is 0 Å². The minimum Gasteiger partial charge on any atom is -0.477 e. The molecule has 17 heavy (non-hydrogen) atoms. The van der Waals surface area contributed by atoms with E-state index in [0.717, 1.165) is 16.9 Å². The van der Waals surface area contributed by atoms with E-state index in [-0.39, 0.29) is 4.88 Å². The standard InChI is InChI=1S/C11H5Cl3O2S/c12-7-3-9(14)8(13)2-6(7)5-1-10(11(15)16)17-4-5/h1-4H,(H,15,16). The van der Waals surface area contributed by atoms with Crippen molar-refractivity contribution in [3.8, 4) is 11.1 Å². The van der Waals surface area contributed by atoms with Gasteiger partial charge in [-0.05, 0) is 29.1 Å². The van der Waals surface area contributed by atoms with Crippen molar-refractivity contribution >= 4 is 52.1 Å². The normalized spacial score (nSPS) is 10.5. The van der Waals surface area contributed by atoms with Crippen LogP contribution in [0.1, 0.15) is 9.67 Å². The van der Waals surface area contributed by atoms with Gasteiger partial charge in [0.25, 0.3) is 0 Å². The van der Waals surface area contributed by atoms with Gasteiger partial charge < -0.3 is 5.11 Å². The molecule has 6 heteroatoms. The third-order valence-electron chi connectivity index (χ3n) is 2.13. The van der Waals surface area contributed by atoms with Gasteiger partial charge in [-0.25, -0.2) is 4.79 Å². The van der Waals surface area contributed by atoms with Gasteiger partial charge in [0.1, 0.15) is 4.88 Å². The molecule has 0 aliphatic carbocycles. The molecule has 1 heterocycles. The van der Waals surface area contributed by atoms with Crippen LogP contribution in [0.4, 0.5) is 0 Å². The van der Waals surface area contributed by atoms with Crippen LogP contribution in [0.25, 0.3) is 11.1 Å². The fourth-order valence-electron chi connectivity index (χ4n) is 1.33. The molecule has 1 aromatic carbocycles. The average Bonchev–Trinajstić information content (AvgIpc) is 2.72. The molecule has 0 spiro atoms. The van der Waals surface area contributed by atoms with E-state index in [1.165, 1.54) is 0 Å². The van der Waals surface area contributed by atoms with Crippen LogP contribution in [-0.2, 0) is 0 Å². The lowest BCUT2D eigenvalue weighted by atomic mass is 10.1. The second kappa shape index (κ2) is 4.86. The second-order valence-electron chi connectivity index (χ2n) is 3.25.